The summed E-state index contributed by atoms with van der Waals surface area (Å²) in [5, 5.41) is 11.0. The fraction of sp³-hybridized carbons (Fsp3) is 0.400. The van der Waals surface area contributed by atoms with Crippen molar-refractivity contribution >= 4 is 28.5 Å². The molecule has 2 aromatic rings. The Hall–Kier alpha value is -1.48. The molecule has 0 unspecified atom stereocenters. The minimum absolute atomic E-state index is 0.121. The molecule has 1 aromatic heterocycles. The highest BCUT2D eigenvalue weighted by molar-refractivity contribution is 14.1. The van der Waals surface area contributed by atoms with Gasteiger partial charge in [-0.3, -0.25) is 4.79 Å². The number of nitrogens with zero attached hydrogens (tertiary/aromatic N) is 3. The lowest BCUT2D eigenvalue weighted by molar-refractivity contribution is 0.0853. The van der Waals surface area contributed by atoms with E-state index < -0.39 is 0 Å². The normalized spacial score (nSPS) is 17.6. The number of hydrogen-bond donors (Lipinski definition) is 1. The second-order valence-electron chi connectivity index (χ2n) is 5.26. The number of hydrogen-bond acceptors (Lipinski definition) is 4. The number of carbonyl (C=O) groups is 1. The molecule has 116 valence electrons. The van der Waals surface area contributed by atoms with Gasteiger partial charge < -0.3 is 10.1 Å². The third-order valence-electron chi connectivity index (χ3n) is 3.70. The molecule has 0 radical (unpaired) electrons. The van der Waals surface area contributed by atoms with E-state index in [1.165, 1.54) is 0 Å². The number of amides is 1. The largest absolute Gasteiger partial charge is 0.376 e. The third kappa shape index (κ3) is 3.30. The molecule has 6 nitrogen and oxygen atoms in total. The van der Waals surface area contributed by atoms with Gasteiger partial charge in [-0.05, 0) is 66.6 Å². The molecule has 22 heavy (non-hydrogen) atoms. The molecule has 2 heterocycles. The molecule has 1 saturated heterocycles. The summed E-state index contributed by atoms with van der Waals surface area (Å²) in [5.41, 5.74) is 1.98. The number of aromatic nitrogens is 3. The average Bonchev–Trinajstić information content (AvgIpc) is 3.15. The molecule has 1 aliphatic heterocycles. The van der Waals surface area contributed by atoms with Crippen LogP contribution in [0.3, 0.4) is 0 Å². The maximum Gasteiger partial charge on any atom is 0.273 e. The van der Waals surface area contributed by atoms with E-state index >= 15 is 0 Å². The van der Waals surface area contributed by atoms with Crippen LogP contribution in [0.15, 0.2) is 24.3 Å². The van der Waals surface area contributed by atoms with Gasteiger partial charge in [-0.25, -0.2) is 4.68 Å². The lowest BCUT2D eigenvalue weighted by Crippen LogP contribution is -2.32. The Morgan fingerprint density at radius 3 is 2.91 bits per heavy atom. The molecule has 7 heteroatoms. The Morgan fingerprint density at radius 2 is 2.23 bits per heavy atom. The molecule has 0 bridgehead atoms. The van der Waals surface area contributed by atoms with Crippen LogP contribution in [0.1, 0.15) is 29.0 Å². The van der Waals surface area contributed by atoms with Crippen molar-refractivity contribution in [3.05, 3.63) is 39.2 Å². The number of halogens is 1. The first kappa shape index (κ1) is 15.4. The second-order valence-corrected chi connectivity index (χ2v) is 6.50. The van der Waals surface area contributed by atoms with Gasteiger partial charge in [0.1, 0.15) is 0 Å². The van der Waals surface area contributed by atoms with E-state index in [9.17, 15) is 4.79 Å². The fourth-order valence-corrected chi connectivity index (χ4v) is 2.82. The minimum atomic E-state index is -0.204. The molecular weight excluding hydrogens is 395 g/mol. The summed E-state index contributed by atoms with van der Waals surface area (Å²) in [6.07, 6.45) is 2.17. The molecule has 1 atom stereocenters. The third-order valence-corrected chi connectivity index (χ3v) is 4.41. The van der Waals surface area contributed by atoms with E-state index in [0.717, 1.165) is 34.4 Å². The van der Waals surface area contributed by atoms with Gasteiger partial charge in [0, 0.05) is 16.7 Å². The number of carbonyl (C=O) groups excluding carboxylic acids is 1. The van der Waals surface area contributed by atoms with Gasteiger partial charge in [-0.2, -0.15) is 0 Å². The molecule has 1 fully saturated rings. The molecule has 0 aliphatic carbocycles. The summed E-state index contributed by atoms with van der Waals surface area (Å²) in [6, 6.07) is 7.90. The Balaban J connectivity index is 1.72. The monoisotopic (exact) mass is 412 g/mol. The van der Waals surface area contributed by atoms with Crippen LogP contribution >= 0.6 is 22.6 Å². The predicted molar refractivity (Wildman–Crippen MR) is 90.1 cm³/mol. The minimum Gasteiger partial charge on any atom is -0.376 e. The van der Waals surface area contributed by atoms with Crippen LogP contribution in [0.25, 0.3) is 5.69 Å². The molecule has 0 spiro atoms. The zero-order valence-electron chi connectivity index (χ0n) is 12.3. The predicted octanol–water partition coefficient (Wildman–Crippen LogP) is 2.09. The Labute approximate surface area is 142 Å². The summed E-state index contributed by atoms with van der Waals surface area (Å²) in [5.74, 6) is -0.204. The van der Waals surface area contributed by atoms with Gasteiger partial charge in [-0.15, -0.1) is 5.10 Å². The van der Waals surface area contributed by atoms with Crippen LogP contribution in [0, 0.1) is 10.5 Å². The molecule has 0 saturated carbocycles. The van der Waals surface area contributed by atoms with E-state index in [2.05, 4.69) is 38.2 Å². The standard InChI is InChI=1S/C15H17IN4O2/c1-10-14(15(21)17-9-13-3-2-8-22-13)18-19-20(10)12-6-4-11(16)5-7-12/h4-7,13H,2-3,8-9H2,1H3,(H,17,21)/t13-/m1/s1. The highest BCUT2D eigenvalue weighted by Crippen LogP contribution is 2.15. The molecular formula is C15H17IN4O2. The molecule has 1 amide bonds. The smallest absolute Gasteiger partial charge is 0.273 e. The van der Waals surface area contributed by atoms with E-state index in [0.29, 0.717) is 12.2 Å². The maximum atomic E-state index is 12.2. The van der Waals surface area contributed by atoms with Crippen LogP contribution in [0.5, 0.6) is 0 Å². The summed E-state index contributed by atoms with van der Waals surface area (Å²) in [7, 11) is 0. The zero-order valence-corrected chi connectivity index (χ0v) is 14.4. The quantitative estimate of drug-likeness (QED) is 0.782. The van der Waals surface area contributed by atoms with Gasteiger partial charge in [0.25, 0.3) is 5.91 Å². The molecule has 1 N–H and O–H groups in total. The van der Waals surface area contributed by atoms with Crippen molar-refractivity contribution in [2.45, 2.75) is 25.9 Å². The molecule has 1 aliphatic rings. The van der Waals surface area contributed by atoms with Crippen LogP contribution < -0.4 is 5.32 Å². The van der Waals surface area contributed by atoms with Gasteiger partial charge in [0.15, 0.2) is 5.69 Å². The van der Waals surface area contributed by atoms with Crippen LogP contribution in [-0.2, 0) is 4.74 Å². The summed E-state index contributed by atoms with van der Waals surface area (Å²) >= 11 is 2.25. The van der Waals surface area contributed by atoms with Crippen LogP contribution in [-0.4, -0.2) is 40.2 Å². The van der Waals surface area contributed by atoms with Crippen molar-refractivity contribution in [1.82, 2.24) is 20.3 Å². The number of benzene rings is 1. The first-order valence-corrected chi connectivity index (χ1v) is 8.31. The van der Waals surface area contributed by atoms with Gasteiger partial charge >= 0.3 is 0 Å². The van der Waals surface area contributed by atoms with Crippen LogP contribution in [0.4, 0.5) is 0 Å². The fourth-order valence-electron chi connectivity index (χ4n) is 2.46. The second kappa shape index (κ2) is 6.74. The lowest BCUT2D eigenvalue weighted by atomic mass is 10.2. The van der Waals surface area contributed by atoms with Crippen molar-refractivity contribution in [2.75, 3.05) is 13.2 Å². The van der Waals surface area contributed by atoms with Crippen molar-refractivity contribution in [3.63, 3.8) is 0 Å². The number of rotatable bonds is 4. The topological polar surface area (TPSA) is 69.0 Å². The SMILES string of the molecule is Cc1c(C(=O)NC[C@H]2CCCO2)nnn1-c1ccc(I)cc1. The summed E-state index contributed by atoms with van der Waals surface area (Å²) in [4.78, 5) is 12.2. The van der Waals surface area contributed by atoms with Gasteiger partial charge in [0.2, 0.25) is 0 Å². The first-order chi connectivity index (χ1) is 10.6. The first-order valence-electron chi connectivity index (χ1n) is 7.23. The van der Waals surface area contributed by atoms with Crippen molar-refractivity contribution in [2.24, 2.45) is 0 Å². The highest BCUT2D eigenvalue weighted by Gasteiger charge is 2.20. The van der Waals surface area contributed by atoms with Gasteiger partial charge in [-0.1, -0.05) is 5.21 Å². The summed E-state index contributed by atoms with van der Waals surface area (Å²) in [6.45, 7) is 3.15. The summed E-state index contributed by atoms with van der Waals surface area (Å²) < 4.78 is 8.32. The number of nitrogens with one attached hydrogen (secondary N) is 1. The van der Waals surface area contributed by atoms with E-state index in [4.69, 9.17) is 4.74 Å². The van der Waals surface area contributed by atoms with Crippen molar-refractivity contribution < 1.29 is 9.53 Å². The van der Waals surface area contributed by atoms with Crippen molar-refractivity contribution in [1.29, 1.82) is 0 Å². The average molecular weight is 412 g/mol. The van der Waals surface area contributed by atoms with Gasteiger partial charge in [0.05, 0.1) is 17.5 Å². The lowest BCUT2D eigenvalue weighted by Gasteiger charge is -2.10. The Morgan fingerprint density at radius 1 is 1.45 bits per heavy atom. The Bertz CT molecular complexity index is 663. The van der Waals surface area contributed by atoms with Crippen molar-refractivity contribution in [3.8, 4) is 5.69 Å². The van der Waals surface area contributed by atoms with E-state index in [1.807, 2.05) is 31.2 Å². The molecule has 3 rings (SSSR count). The zero-order chi connectivity index (χ0) is 15.5. The highest BCUT2D eigenvalue weighted by atomic mass is 127. The van der Waals surface area contributed by atoms with E-state index in [1.54, 1.807) is 4.68 Å². The molecule has 1 aromatic carbocycles. The van der Waals surface area contributed by atoms with E-state index in [-0.39, 0.29) is 12.0 Å². The Kier molecular flexibility index (Phi) is 4.72. The maximum absolute atomic E-state index is 12.2. The number of ether oxygens (including phenoxy) is 1. The van der Waals surface area contributed by atoms with Crippen LogP contribution in [0.2, 0.25) is 0 Å².